The number of piperidine rings is 1. The Bertz CT molecular complexity index is 1190. The van der Waals surface area contributed by atoms with E-state index in [4.69, 9.17) is 10.2 Å². The van der Waals surface area contributed by atoms with Crippen molar-refractivity contribution in [3.8, 4) is 0 Å². The number of carbonyl (C=O) groups is 2. The van der Waals surface area contributed by atoms with Crippen LogP contribution in [0.25, 0.3) is 11.0 Å². The second-order valence-corrected chi connectivity index (χ2v) is 11.5. The number of nitrogens with zero attached hydrogens (tertiary/aromatic N) is 4. The third kappa shape index (κ3) is 6.44. The number of carboxylic acid groups (broad SMARTS) is 2. The number of benzene rings is 1. The number of hydrogen-bond donors (Lipinski definition) is 3. The predicted octanol–water partition coefficient (Wildman–Crippen LogP) is 3.56. The molecular formula is C29H41N5O5. The minimum Gasteiger partial charge on any atom is -0.480 e. The standard InChI is InChI=1S/C29H41N5O5/c35-26(36)18-32(19-27(37)38)15-14-30-28-29(39)34(25-11-7-6-10-24(25)31-28)23-16-21-12-13-22(17-23)33(21)20-8-4-2-1-3-5-9-20/h6-7,10-11,20-23H,1-5,8-9,12-19H2,(H,30,31)(H,35,36)(H,37,38)/t21-,22+,23?. The van der Waals surface area contributed by atoms with Gasteiger partial charge in [-0.3, -0.25) is 24.2 Å². The Morgan fingerprint density at radius 1 is 0.872 bits per heavy atom. The molecule has 2 bridgehead atoms. The number of aliphatic carboxylic acids is 2. The maximum absolute atomic E-state index is 13.8. The molecule has 1 aromatic heterocycles. The van der Waals surface area contributed by atoms with Gasteiger partial charge in [-0.05, 0) is 50.7 Å². The first-order valence-corrected chi connectivity index (χ1v) is 14.6. The van der Waals surface area contributed by atoms with E-state index >= 15 is 0 Å². The van der Waals surface area contributed by atoms with Crippen LogP contribution in [0, 0.1) is 0 Å². The van der Waals surface area contributed by atoms with Crippen molar-refractivity contribution < 1.29 is 19.8 Å². The Kier molecular flexibility index (Phi) is 8.82. The van der Waals surface area contributed by atoms with Gasteiger partial charge in [0, 0.05) is 37.3 Å². The molecule has 3 aliphatic rings. The largest absolute Gasteiger partial charge is 0.480 e. The van der Waals surface area contributed by atoms with Gasteiger partial charge in [0.1, 0.15) is 0 Å². The second-order valence-electron chi connectivity index (χ2n) is 11.5. The molecule has 1 aromatic carbocycles. The monoisotopic (exact) mass is 539 g/mol. The number of rotatable bonds is 10. The minimum absolute atomic E-state index is 0.101. The van der Waals surface area contributed by atoms with Gasteiger partial charge in [0.2, 0.25) is 0 Å². The van der Waals surface area contributed by atoms with E-state index in [0.717, 1.165) is 23.9 Å². The molecule has 10 nitrogen and oxygen atoms in total. The SMILES string of the molecule is O=C(O)CN(CCNc1nc2ccccc2n(C2C[C@H]3CC[C@@H](C2)N3C2CCCCCCC2)c1=O)CC(=O)O. The zero-order valence-electron chi connectivity index (χ0n) is 22.6. The lowest BCUT2D eigenvalue weighted by Gasteiger charge is -2.45. The third-order valence-electron chi connectivity index (χ3n) is 8.86. The lowest BCUT2D eigenvalue weighted by molar-refractivity contribution is -0.141. The fraction of sp³-hybridized carbons (Fsp3) is 0.655. The summed E-state index contributed by atoms with van der Waals surface area (Å²) in [5.41, 5.74) is 1.41. The smallest absolute Gasteiger partial charge is 0.317 e. The van der Waals surface area contributed by atoms with E-state index in [9.17, 15) is 14.4 Å². The van der Waals surface area contributed by atoms with E-state index in [1.807, 2.05) is 28.8 Å². The zero-order chi connectivity index (χ0) is 27.4. The molecule has 10 heteroatoms. The van der Waals surface area contributed by atoms with Crippen LogP contribution in [-0.4, -0.2) is 85.8 Å². The van der Waals surface area contributed by atoms with E-state index < -0.39 is 11.9 Å². The van der Waals surface area contributed by atoms with Gasteiger partial charge in [-0.15, -0.1) is 0 Å². The van der Waals surface area contributed by atoms with Crippen LogP contribution < -0.4 is 10.9 Å². The Balaban J connectivity index is 1.35. The van der Waals surface area contributed by atoms with Gasteiger partial charge >= 0.3 is 11.9 Å². The highest BCUT2D eigenvalue weighted by atomic mass is 16.4. The van der Waals surface area contributed by atoms with Crippen LogP contribution in [0.1, 0.15) is 76.7 Å². The molecule has 2 aliphatic heterocycles. The first kappa shape index (κ1) is 27.6. The van der Waals surface area contributed by atoms with Crippen molar-refractivity contribution in [2.45, 2.75) is 94.8 Å². The van der Waals surface area contributed by atoms with Crippen molar-refractivity contribution in [2.24, 2.45) is 0 Å². The van der Waals surface area contributed by atoms with E-state index in [1.165, 1.54) is 62.7 Å². The van der Waals surface area contributed by atoms with Gasteiger partial charge in [-0.1, -0.05) is 44.2 Å². The highest BCUT2D eigenvalue weighted by Crippen LogP contribution is 2.44. The van der Waals surface area contributed by atoms with Crippen LogP contribution in [-0.2, 0) is 9.59 Å². The van der Waals surface area contributed by atoms with Crippen molar-refractivity contribution in [2.75, 3.05) is 31.5 Å². The summed E-state index contributed by atoms with van der Waals surface area (Å²) in [5.74, 6) is -1.96. The Hall–Kier alpha value is -2.98. The summed E-state index contributed by atoms with van der Waals surface area (Å²) >= 11 is 0. The normalized spacial score (nSPS) is 24.5. The van der Waals surface area contributed by atoms with Crippen molar-refractivity contribution >= 4 is 28.8 Å². The Labute approximate surface area is 229 Å². The first-order valence-electron chi connectivity index (χ1n) is 14.6. The number of hydrogen-bond acceptors (Lipinski definition) is 7. The molecule has 3 atom stereocenters. The zero-order valence-corrected chi connectivity index (χ0v) is 22.6. The molecule has 212 valence electrons. The van der Waals surface area contributed by atoms with Crippen molar-refractivity contribution in [1.29, 1.82) is 0 Å². The lowest BCUT2D eigenvalue weighted by atomic mass is 9.89. The molecule has 39 heavy (non-hydrogen) atoms. The van der Waals surface area contributed by atoms with E-state index in [1.54, 1.807) is 0 Å². The summed E-state index contributed by atoms with van der Waals surface area (Å²) in [6.45, 7) is -0.388. The van der Waals surface area contributed by atoms with Crippen molar-refractivity contribution in [3.63, 3.8) is 0 Å². The third-order valence-corrected chi connectivity index (χ3v) is 8.86. The number of carboxylic acids is 2. The molecule has 5 rings (SSSR count). The Morgan fingerprint density at radius 3 is 2.13 bits per heavy atom. The Morgan fingerprint density at radius 2 is 1.49 bits per heavy atom. The highest BCUT2D eigenvalue weighted by Gasteiger charge is 2.44. The molecule has 0 spiro atoms. The van der Waals surface area contributed by atoms with Crippen LogP contribution >= 0.6 is 0 Å². The number of aromatic nitrogens is 2. The number of anilines is 1. The van der Waals surface area contributed by atoms with Gasteiger partial charge in [0.25, 0.3) is 5.56 Å². The molecule has 3 heterocycles. The summed E-state index contributed by atoms with van der Waals surface area (Å²) in [6.07, 6.45) is 13.6. The fourth-order valence-electron chi connectivity index (χ4n) is 7.29. The molecule has 0 radical (unpaired) electrons. The molecule has 2 aromatic rings. The predicted molar refractivity (Wildman–Crippen MR) is 149 cm³/mol. The first-order chi connectivity index (χ1) is 18.9. The lowest BCUT2D eigenvalue weighted by Crippen LogP contribution is -2.50. The molecule has 2 saturated heterocycles. The van der Waals surface area contributed by atoms with Gasteiger partial charge in [0.15, 0.2) is 5.82 Å². The summed E-state index contributed by atoms with van der Waals surface area (Å²) < 4.78 is 1.94. The van der Waals surface area contributed by atoms with Crippen molar-refractivity contribution in [3.05, 3.63) is 34.6 Å². The average molecular weight is 540 g/mol. The number of nitrogens with one attached hydrogen (secondary N) is 1. The average Bonchev–Trinajstić information content (AvgIpc) is 3.12. The number of fused-ring (bicyclic) bond motifs is 3. The molecule has 3 N–H and O–H groups in total. The maximum Gasteiger partial charge on any atom is 0.317 e. The van der Waals surface area contributed by atoms with Gasteiger partial charge in [-0.2, -0.15) is 0 Å². The van der Waals surface area contributed by atoms with Crippen LogP contribution in [0.15, 0.2) is 29.1 Å². The molecule has 1 aliphatic carbocycles. The van der Waals surface area contributed by atoms with E-state index in [-0.39, 0.29) is 43.6 Å². The molecule has 0 amide bonds. The molecule has 1 unspecified atom stereocenters. The van der Waals surface area contributed by atoms with Gasteiger partial charge in [-0.25, -0.2) is 4.98 Å². The van der Waals surface area contributed by atoms with Crippen molar-refractivity contribution in [1.82, 2.24) is 19.4 Å². The highest BCUT2D eigenvalue weighted by molar-refractivity contribution is 5.76. The topological polar surface area (TPSA) is 128 Å². The van der Waals surface area contributed by atoms with Crippen LogP contribution in [0.2, 0.25) is 0 Å². The maximum atomic E-state index is 13.8. The number of para-hydroxylation sites is 2. The minimum atomic E-state index is -1.09. The van der Waals surface area contributed by atoms with Gasteiger partial charge < -0.3 is 20.1 Å². The van der Waals surface area contributed by atoms with Gasteiger partial charge in [0.05, 0.1) is 24.1 Å². The second kappa shape index (κ2) is 12.5. The van der Waals surface area contributed by atoms with Crippen LogP contribution in [0.5, 0.6) is 0 Å². The molecular weight excluding hydrogens is 498 g/mol. The van der Waals surface area contributed by atoms with E-state index in [0.29, 0.717) is 18.1 Å². The van der Waals surface area contributed by atoms with Crippen LogP contribution in [0.3, 0.4) is 0 Å². The van der Waals surface area contributed by atoms with Crippen LogP contribution in [0.4, 0.5) is 5.82 Å². The quantitative estimate of drug-likeness (QED) is 0.415. The summed E-state index contributed by atoms with van der Waals surface area (Å²) in [7, 11) is 0. The summed E-state index contributed by atoms with van der Waals surface area (Å²) in [6, 6.07) is 9.53. The fourth-order valence-corrected chi connectivity index (χ4v) is 7.29. The van der Waals surface area contributed by atoms with E-state index in [2.05, 4.69) is 15.2 Å². The molecule has 3 fully saturated rings. The summed E-state index contributed by atoms with van der Waals surface area (Å²) in [4.78, 5) is 44.9. The summed E-state index contributed by atoms with van der Waals surface area (Å²) in [5, 5.41) is 21.3. The molecule has 1 saturated carbocycles.